The number of rotatable bonds is 6. The molecule has 0 radical (unpaired) electrons. The van der Waals surface area contributed by atoms with Crippen LogP contribution < -0.4 is 10.6 Å². The highest BCUT2D eigenvalue weighted by atomic mass is 16.6. The number of carbonyl (C=O) groups excluding carboxylic acids is 3. The molecule has 0 aromatic heterocycles. The number of esters is 1. The van der Waals surface area contributed by atoms with Gasteiger partial charge in [0.05, 0.1) is 13.7 Å². The first-order valence-corrected chi connectivity index (χ1v) is 7.18. The van der Waals surface area contributed by atoms with Gasteiger partial charge in [0.2, 0.25) is 0 Å². The highest BCUT2D eigenvalue weighted by Crippen LogP contribution is 2.03. The Morgan fingerprint density at radius 2 is 2.09 bits per heavy atom. The molecule has 3 amide bonds. The van der Waals surface area contributed by atoms with Crippen LogP contribution in [0.3, 0.4) is 0 Å². The molecule has 0 aliphatic carbocycles. The number of urea groups is 1. The lowest BCUT2D eigenvalue weighted by molar-refractivity contribution is -0.143. The third kappa shape index (κ3) is 4.87. The van der Waals surface area contributed by atoms with Gasteiger partial charge in [-0.25, -0.2) is 14.4 Å². The summed E-state index contributed by atoms with van der Waals surface area (Å²) in [6.45, 7) is 1.09. The molecule has 23 heavy (non-hydrogen) atoms. The van der Waals surface area contributed by atoms with Crippen LogP contribution >= 0.6 is 0 Å². The van der Waals surface area contributed by atoms with Crippen molar-refractivity contribution in [2.75, 3.05) is 26.7 Å². The summed E-state index contributed by atoms with van der Waals surface area (Å²) in [6, 6.07) is 7.90. The summed E-state index contributed by atoms with van der Waals surface area (Å²) in [4.78, 5) is 36.6. The molecule has 0 bridgehead atoms. The Bertz CT molecular complexity index is 563. The molecular weight excluding hydrogens is 302 g/mol. The maximum atomic E-state index is 11.8. The van der Waals surface area contributed by atoms with Gasteiger partial charge in [-0.3, -0.25) is 0 Å². The van der Waals surface area contributed by atoms with E-state index in [-0.39, 0.29) is 19.2 Å². The molecular formula is C15H19N3O5. The van der Waals surface area contributed by atoms with Gasteiger partial charge in [0.15, 0.2) is 0 Å². The zero-order valence-corrected chi connectivity index (χ0v) is 12.8. The van der Waals surface area contributed by atoms with Gasteiger partial charge in [-0.05, 0) is 5.56 Å². The summed E-state index contributed by atoms with van der Waals surface area (Å²) in [5.41, 5.74) is 0.830. The molecule has 124 valence electrons. The predicted molar refractivity (Wildman–Crippen MR) is 80.5 cm³/mol. The van der Waals surface area contributed by atoms with Crippen LogP contribution in [-0.2, 0) is 20.9 Å². The molecule has 1 atom stereocenters. The number of methoxy groups -OCH3 is 1. The fourth-order valence-corrected chi connectivity index (χ4v) is 2.13. The van der Waals surface area contributed by atoms with Crippen molar-refractivity contribution in [2.45, 2.75) is 12.6 Å². The molecule has 1 aliphatic heterocycles. The Hall–Kier alpha value is -2.77. The summed E-state index contributed by atoms with van der Waals surface area (Å²) in [5, 5.41) is 5.05. The van der Waals surface area contributed by atoms with Gasteiger partial charge in [0.1, 0.15) is 12.6 Å². The highest BCUT2D eigenvalue weighted by Gasteiger charge is 2.29. The van der Waals surface area contributed by atoms with Gasteiger partial charge < -0.3 is 25.0 Å². The van der Waals surface area contributed by atoms with Crippen LogP contribution in [0.1, 0.15) is 5.56 Å². The molecule has 0 saturated carbocycles. The third-order valence-corrected chi connectivity index (χ3v) is 3.34. The van der Waals surface area contributed by atoms with Gasteiger partial charge in [-0.15, -0.1) is 0 Å². The van der Waals surface area contributed by atoms with Gasteiger partial charge in [-0.2, -0.15) is 0 Å². The second-order valence-corrected chi connectivity index (χ2v) is 4.96. The van der Waals surface area contributed by atoms with Crippen LogP contribution in [0, 0.1) is 0 Å². The molecule has 8 heteroatoms. The number of nitrogens with zero attached hydrogens (tertiary/aromatic N) is 1. The predicted octanol–water partition coefficient (Wildman–Crippen LogP) is 0.480. The number of nitrogens with one attached hydrogen (secondary N) is 2. The molecule has 0 spiro atoms. The SMILES string of the molecule is COC(=O)[C@H](CN1CCNC1=O)NC(=O)OCc1ccccc1. The summed E-state index contributed by atoms with van der Waals surface area (Å²) >= 11 is 0. The number of benzene rings is 1. The Morgan fingerprint density at radius 3 is 2.70 bits per heavy atom. The van der Waals surface area contributed by atoms with Crippen LogP contribution in [0.25, 0.3) is 0 Å². The van der Waals surface area contributed by atoms with Crippen molar-refractivity contribution < 1.29 is 23.9 Å². The average molecular weight is 321 g/mol. The molecule has 1 heterocycles. The molecule has 1 fully saturated rings. The van der Waals surface area contributed by atoms with E-state index in [1.165, 1.54) is 12.0 Å². The van der Waals surface area contributed by atoms with Crippen molar-refractivity contribution in [3.63, 3.8) is 0 Å². The van der Waals surface area contributed by atoms with Gasteiger partial charge in [0, 0.05) is 13.1 Å². The van der Waals surface area contributed by atoms with Crippen molar-refractivity contribution in [1.29, 1.82) is 0 Å². The monoisotopic (exact) mass is 321 g/mol. The first-order chi connectivity index (χ1) is 11.1. The largest absolute Gasteiger partial charge is 0.467 e. The lowest BCUT2D eigenvalue weighted by atomic mass is 10.2. The van der Waals surface area contributed by atoms with E-state index < -0.39 is 18.1 Å². The van der Waals surface area contributed by atoms with Gasteiger partial charge >= 0.3 is 18.1 Å². The minimum atomic E-state index is -0.980. The van der Waals surface area contributed by atoms with E-state index in [1.54, 1.807) is 0 Å². The van der Waals surface area contributed by atoms with Crippen molar-refractivity contribution >= 4 is 18.1 Å². The Morgan fingerprint density at radius 1 is 1.35 bits per heavy atom. The fraction of sp³-hybridized carbons (Fsp3) is 0.400. The maximum Gasteiger partial charge on any atom is 0.408 e. The Kier molecular flexibility index (Phi) is 5.79. The van der Waals surface area contributed by atoms with E-state index in [9.17, 15) is 14.4 Å². The van der Waals surface area contributed by atoms with E-state index >= 15 is 0 Å². The maximum absolute atomic E-state index is 11.8. The zero-order chi connectivity index (χ0) is 16.7. The minimum absolute atomic E-state index is 0.0267. The standard InChI is InChI=1S/C15H19N3O5/c1-22-13(19)12(9-18-8-7-16-14(18)20)17-15(21)23-10-11-5-3-2-4-6-11/h2-6,12H,7-10H2,1H3,(H,16,20)(H,17,21)/t12-/m0/s1. The topological polar surface area (TPSA) is 97.0 Å². The molecule has 8 nitrogen and oxygen atoms in total. The van der Waals surface area contributed by atoms with Crippen molar-refractivity contribution in [3.8, 4) is 0 Å². The second-order valence-electron chi connectivity index (χ2n) is 4.96. The van der Waals surface area contributed by atoms with E-state index in [0.29, 0.717) is 13.1 Å². The first kappa shape index (κ1) is 16.6. The van der Waals surface area contributed by atoms with Crippen molar-refractivity contribution in [1.82, 2.24) is 15.5 Å². The van der Waals surface area contributed by atoms with Crippen LogP contribution in [0.2, 0.25) is 0 Å². The fourth-order valence-electron chi connectivity index (χ4n) is 2.13. The van der Waals surface area contributed by atoms with Crippen molar-refractivity contribution in [2.24, 2.45) is 0 Å². The minimum Gasteiger partial charge on any atom is -0.467 e. The number of hydrogen-bond acceptors (Lipinski definition) is 5. The zero-order valence-electron chi connectivity index (χ0n) is 12.8. The van der Waals surface area contributed by atoms with Crippen LogP contribution in [0.5, 0.6) is 0 Å². The number of amides is 3. The molecule has 2 N–H and O–H groups in total. The number of ether oxygens (including phenoxy) is 2. The van der Waals surface area contributed by atoms with E-state index in [2.05, 4.69) is 15.4 Å². The van der Waals surface area contributed by atoms with E-state index in [4.69, 9.17) is 4.74 Å². The molecule has 2 rings (SSSR count). The molecule has 1 saturated heterocycles. The summed E-state index contributed by atoms with van der Waals surface area (Å²) in [6.07, 6.45) is -0.746. The highest BCUT2D eigenvalue weighted by molar-refractivity contribution is 5.83. The molecule has 1 aromatic rings. The lowest BCUT2D eigenvalue weighted by Crippen LogP contribution is -2.49. The smallest absolute Gasteiger partial charge is 0.408 e. The van der Waals surface area contributed by atoms with Gasteiger partial charge in [-0.1, -0.05) is 30.3 Å². The average Bonchev–Trinajstić information content (AvgIpc) is 2.97. The second kappa shape index (κ2) is 8.02. The summed E-state index contributed by atoms with van der Waals surface area (Å²) in [5.74, 6) is -0.638. The van der Waals surface area contributed by atoms with Crippen LogP contribution in [0.4, 0.5) is 9.59 Å². The van der Waals surface area contributed by atoms with Crippen molar-refractivity contribution in [3.05, 3.63) is 35.9 Å². The summed E-state index contributed by atoms with van der Waals surface area (Å²) < 4.78 is 9.72. The number of alkyl carbamates (subject to hydrolysis) is 1. The van der Waals surface area contributed by atoms with Gasteiger partial charge in [0.25, 0.3) is 0 Å². The van der Waals surface area contributed by atoms with Crippen LogP contribution in [-0.4, -0.2) is 55.8 Å². The van der Waals surface area contributed by atoms with Crippen LogP contribution in [0.15, 0.2) is 30.3 Å². The molecule has 1 aliphatic rings. The third-order valence-electron chi connectivity index (χ3n) is 3.34. The number of hydrogen-bond donors (Lipinski definition) is 2. The van der Waals surface area contributed by atoms with E-state index in [1.807, 2.05) is 30.3 Å². The Labute approximate surface area is 133 Å². The van der Waals surface area contributed by atoms with E-state index in [0.717, 1.165) is 5.56 Å². The summed E-state index contributed by atoms with van der Waals surface area (Å²) in [7, 11) is 1.22. The number of carbonyl (C=O) groups is 3. The molecule has 0 unspecified atom stereocenters. The normalized spacial score (nSPS) is 14.8. The first-order valence-electron chi connectivity index (χ1n) is 7.18. The molecule has 1 aromatic carbocycles. The lowest BCUT2D eigenvalue weighted by Gasteiger charge is -2.21. The Balaban J connectivity index is 1.87. The quantitative estimate of drug-likeness (QED) is 0.743.